The second kappa shape index (κ2) is 6.42. The van der Waals surface area contributed by atoms with E-state index in [-0.39, 0.29) is 5.78 Å². The molecule has 0 saturated heterocycles. The van der Waals surface area contributed by atoms with Gasteiger partial charge in [-0.3, -0.25) is 4.79 Å². The Morgan fingerprint density at radius 2 is 1.65 bits per heavy atom. The van der Waals surface area contributed by atoms with Crippen molar-refractivity contribution < 1.29 is 18.0 Å². The summed E-state index contributed by atoms with van der Waals surface area (Å²) in [6, 6.07) is 4.53. The van der Waals surface area contributed by atoms with Crippen LogP contribution in [0, 0.1) is 5.92 Å². The van der Waals surface area contributed by atoms with Gasteiger partial charge >= 0.3 is 6.18 Å². The topological polar surface area (TPSA) is 17.1 Å². The molecule has 1 fully saturated rings. The Kier molecular flexibility index (Phi) is 4.84. The van der Waals surface area contributed by atoms with E-state index < -0.39 is 11.7 Å². The Morgan fingerprint density at radius 3 is 2.20 bits per heavy atom. The molecule has 0 bridgehead atoms. The third kappa shape index (κ3) is 4.09. The van der Waals surface area contributed by atoms with Gasteiger partial charge in [0.2, 0.25) is 0 Å². The molecule has 0 N–H and O–H groups in total. The van der Waals surface area contributed by atoms with Crippen LogP contribution in [-0.2, 0) is 6.18 Å². The van der Waals surface area contributed by atoms with Crippen LogP contribution in [0.15, 0.2) is 24.3 Å². The number of Topliss-reactive ketones (excluding diaryl/α,β-unsaturated/α-hetero) is 1. The van der Waals surface area contributed by atoms with Crippen LogP contribution in [0.1, 0.15) is 60.9 Å². The Bertz CT molecular complexity index is 442. The summed E-state index contributed by atoms with van der Waals surface area (Å²) in [4.78, 5) is 12.0. The maximum Gasteiger partial charge on any atom is 0.416 e. The van der Waals surface area contributed by atoms with Gasteiger partial charge < -0.3 is 0 Å². The molecule has 110 valence electrons. The normalized spacial score (nSPS) is 17.1. The average molecular weight is 284 g/mol. The van der Waals surface area contributed by atoms with Gasteiger partial charge in [-0.1, -0.05) is 44.2 Å². The summed E-state index contributed by atoms with van der Waals surface area (Å²) in [7, 11) is 0. The Morgan fingerprint density at radius 1 is 1.05 bits per heavy atom. The van der Waals surface area contributed by atoms with E-state index in [4.69, 9.17) is 0 Å². The minimum absolute atomic E-state index is 0.0516. The van der Waals surface area contributed by atoms with Gasteiger partial charge in [0.15, 0.2) is 5.78 Å². The first-order valence-corrected chi connectivity index (χ1v) is 7.17. The first-order chi connectivity index (χ1) is 9.47. The highest BCUT2D eigenvalue weighted by molar-refractivity contribution is 5.96. The lowest BCUT2D eigenvalue weighted by Crippen LogP contribution is -2.10. The Balaban J connectivity index is 1.89. The van der Waals surface area contributed by atoms with Crippen molar-refractivity contribution in [3.05, 3.63) is 35.4 Å². The van der Waals surface area contributed by atoms with Crippen molar-refractivity contribution in [3.63, 3.8) is 0 Å². The van der Waals surface area contributed by atoms with Gasteiger partial charge in [0.05, 0.1) is 5.56 Å². The van der Waals surface area contributed by atoms with E-state index in [2.05, 4.69) is 0 Å². The minimum atomic E-state index is -4.34. The predicted molar refractivity (Wildman–Crippen MR) is 71.6 cm³/mol. The zero-order valence-corrected chi connectivity index (χ0v) is 11.4. The van der Waals surface area contributed by atoms with Gasteiger partial charge in [-0.05, 0) is 24.5 Å². The fraction of sp³-hybridized carbons (Fsp3) is 0.562. The highest BCUT2D eigenvalue weighted by Gasteiger charge is 2.30. The van der Waals surface area contributed by atoms with Crippen LogP contribution in [0.5, 0.6) is 0 Å². The second-order valence-electron chi connectivity index (χ2n) is 5.54. The van der Waals surface area contributed by atoms with E-state index in [9.17, 15) is 18.0 Å². The number of hydrogen-bond acceptors (Lipinski definition) is 1. The summed E-state index contributed by atoms with van der Waals surface area (Å²) in [5.41, 5.74) is -0.324. The largest absolute Gasteiger partial charge is 0.416 e. The van der Waals surface area contributed by atoms with Crippen LogP contribution in [0.3, 0.4) is 0 Å². The van der Waals surface area contributed by atoms with Crippen LogP contribution in [0.4, 0.5) is 13.2 Å². The van der Waals surface area contributed by atoms with E-state index in [1.807, 2.05) is 0 Å². The number of halogens is 3. The number of alkyl halides is 3. The summed E-state index contributed by atoms with van der Waals surface area (Å²) in [5, 5.41) is 0. The van der Waals surface area contributed by atoms with E-state index >= 15 is 0 Å². The molecule has 4 heteroatoms. The van der Waals surface area contributed by atoms with E-state index in [0.717, 1.165) is 18.6 Å². The zero-order chi connectivity index (χ0) is 14.6. The maximum atomic E-state index is 12.4. The van der Waals surface area contributed by atoms with Gasteiger partial charge in [0, 0.05) is 12.0 Å². The average Bonchev–Trinajstić information content (AvgIpc) is 2.45. The zero-order valence-electron chi connectivity index (χ0n) is 11.4. The van der Waals surface area contributed by atoms with Crippen LogP contribution in [0.25, 0.3) is 0 Å². The SMILES string of the molecule is O=C(CCC1CCCCC1)c1ccc(C(F)(F)F)cc1. The van der Waals surface area contributed by atoms with Crippen LogP contribution < -0.4 is 0 Å². The molecular weight excluding hydrogens is 265 g/mol. The monoisotopic (exact) mass is 284 g/mol. The fourth-order valence-electron chi connectivity index (χ4n) is 2.80. The third-order valence-corrected chi connectivity index (χ3v) is 4.04. The minimum Gasteiger partial charge on any atom is -0.294 e. The molecule has 0 unspecified atom stereocenters. The molecule has 20 heavy (non-hydrogen) atoms. The first-order valence-electron chi connectivity index (χ1n) is 7.17. The molecule has 0 heterocycles. The molecule has 1 saturated carbocycles. The van der Waals surface area contributed by atoms with Crippen LogP contribution in [-0.4, -0.2) is 5.78 Å². The van der Waals surface area contributed by atoms with Crippen molar-refractivity contribution in [3.8, 4) is 0 Å². The highest BCUT2D eigenvalue weighted by atomic mass is 19.4. The smallest absolute Gasteiger partial charge is 0.294 e. The highest BCUT2D eigenvalue weighted by Crippen LogP contribution is 2.30. The van der Waals surface area contributed by atoms with Crippen molar-refractivity contribution in [2.24, 2.45) is 5.92 Å². The van der Waals surface area contributed by atoms with Gasteiger partial charge in [0.25, 0.3) is 0 Å². The lowest BCUT2D eigenvalue weighted by molar-refractivity contribution is -0.137. The number of carbonyl (C=O) groups excluding carboxylic acids is 1. The molecule has 2 rings (SSSR count). The molecule has 0 aromatic heterocycles. The molecular formula is C16H19F3O. The van der Waals surface area contributed by atoms with Crippen molar-refractivity contribution in [2.45, 2.75) is 51.1 Å². The summed E-state index contributed by atoms with van der Waals surface area (Å²) >= 11 is 0. The third-order valence-electron chi connectivity index (χ3n) is 4.04. The molecule has 1 nitrogen and oxygen atoms in total. The van der Waals surface area contributed by atoms with Crippen molar-refractivity contribution in [1.82, 2.24) is 0 Å². The predicted octanol–water partition coefficient (Wildman–Crippen LogP) is 5.25. The molecule has 0 spiro atoms. The Hall–Kier alpha value is -1.32. The van der Waals surface area contributed by atoms with Gasteiger partial charge in [-0.15, -0.1) is 0 Å². The standard InChI is InChI=1S/C16H19F3O/c17-16(18,19)14-9-7-13(8-10-14)15(20)11-6-12-4-2-1-3-5-12/h7-10,12H,1-6,11H2. The summed E-state index contributed by atoms with van der Waals surface area (Å²) in [6.45, 7) is 0. The lowest BCUT2D eigenvalue weighted by Gasteiger charge is -2.20. The summed E-state index contributed by atoms with van der Waals surface area (Å²) in [6.07, 6.45) is 3.07. The van der Waals surface area contributed by atoms with Crippen molar-refractivity contribution in [2.75, 3.05) is 0 Å². The van der Waals surface area contributed by atoms with Crippen LogP contribution >= 0.6 is 0 Å². The molecule has 1 aliphatic carbocycles. The van der Waals surface area contributed by atoms with Gasteiger partial charge in [-0.2, -0.15) is 13.2 Å². The van der Waals surface area contributed by atoms with E-state index in [1.165, 1.54) is 44.2 Å². The second-order valence-corrected chi connectivity index (χ2v) is 5.54. The van der Waals surface area contributed by atoms with E-state index in [0.29, 0.717) is 17.9 Å². The fourth-order valence-corrected chi connectivity index (χ4v) is 2.80. The number of carbonyl (C=O) groups is 1. The van der Waals surface area contributed by atoms with Gasteiger partial charge in [0.1, 0.15) is 0 Å². The molecule has 0 atom stereocenters. The molecule has 0 aliphatic heterocycles. The molecule has 1 aromatic rings. The summed E-state index contributed by atoms with van der Waals surface area (Å²) in [5.74, 6) is 0.562. The Labute approximate surface area is 117 Å². The maximum absolute atomic E-state index is 12.4. The summed E-state index contributed by atoms with van der Waals surface area (Å²) < 4.78 is 37.3. The van der Waals surface area contributed by atoms with Crippen molar-refractivity contribution >= 4 is 5.78 Å². The number of ketones is 1. The molecule has 1 aromatic carbocycles. The molecule has 0 amide bonds. The number of benzene rings is 1. The molecule has 0 radical (unpaired) electrons. The first kappa shape index (κ1) is 15.1. The molecule has 1 aliphatic rings. The van der Waals surface area contributed by atoms with Crippen molar-refractivity contribution in [1.29, 1.82) is 0 Å². The lowest BCUT2D eigenvalue weighted by atomic mass is 9.85. The number of rotatable bonds is 4. The quantitative estimate of drug-likeness (QED) is 0.690. The van der Waals surface area contributed by atoms with E-state index in [1.54, 1.807) is 0 Å². The van der Waals surface area contributed by atoms with Gasteiger partial charge in [-0.25, -0.2) is 0 Å². The van der Waals surface area contributed by atoms with Crippen LogP contribution in [0.2, 0.25) is 0 Å². The number of hydrogen-bond donors (Lipinski definition) is 0.